The molecule has 4 rings (SSSR count). The maximum absolute atomic E-state index is 12.4. The standard InChI is InChI=1S/C18H24N4O3/c1-18(2,3)25-17(24)22-10-11-8-12(22)9-21(11)14-7-5-6-13-15(14)20(4)16(23)19-13/h5-7,11-12H,8-10H2,1-4H3,(H,19,23)/t11-,12-/m1/s1. The first-order valence-electron chi connectivity index (χ1n) is 8.68. The highest BCUT2D eigenvalue weighted by Crippen LogP contribution is 2.37. The fourth-order valence-electron chi connectivity index (χ4n) is 4.02. The van der Waals surface area contributed by atoms with Crippen LogP contribution in [0.25, 0.3) is 11.0 Å². The number of anilines is 1. The Morgan fingerprint density at radius 2 is 2.00 bits per heavy atom. The average molecular weight is 344 g/mol. The van der Waals surface area contributed by atoms with E-state index in [4.69, 9.17) is 4.74 Å². The van der Waals surface area contributed by atoms with Gasteiger partial charge < -0.3 is 19.5 Å². The quantitative estimate of drug-likeness (QED) is 0.860. The maximum atomic E-state index is 12.4. The molecule has 2 aliphatic heterocycles. The average Bonchev–Trinajstić information content (AvgIpc) is 3.19. The number of likely N-dealkylation sites (tertiary alicyclic amines) is 1. The van der Waals surface area contributed by atoms with Crippen molar-refractivity contribution in [2.45, 2.75) is 44.9 Å². The molecule has 1 amide bonds. The van der Waals surface area contributed by atoms with E-state index in [1.54, 1.807) is 11.6 Å². The summed E-state index contributed by atoms with van der Waals surface area (Å²) in [7, 11) is 1.78. The van der Waals surface area contributed by atoms with E-state index < -0.39 is 5.60 Å². The number of amides is 1. The topological polar surface area (TPSA) is 70.6 Å². The van der Waals surface area contributed by atoms with Gasteiger partial charge in [0.15, 0.2) is 0 Å². The predicted molar refractivity (Wildman–Crippen MR) is 96.0 cm³/mol. The number of benzene rings is 1. The molecular formula is C18H24N4O3. The number of aryl methyl sites for hydroxylation is 1. The van der Waals surface area contributed by atoms with Crippen molar-refractivity contribution in [3.63, 3.8) is 0 Å². The normalized spacial score (nSPS) is 22.9. The second-order valence-corrected chi connectivity index (χ2v) is 7.99. The summed E-state index contributed by atoms with van der Waals surface area (Å²) in [6.45, 7) is 7.09. The monoisotopic (exact) mass is 344 g/mol. The van der Waals surface area contributed by atoms with E-state index in [1.807, 2.05) is 43.9 Å². The van der Waals surface area contributed by atoms with Crippen molar-refractivity contribution < 1.29 is 9.53 Å². The second kappa shape index (κ2) is 5.28. The third kappa shape index (κ3) is 2.58. The molecule has 134 valence electrons. The molecule has 2 aromatic rings. The van der Waals surface area contributed by atoms with Crippen LogP contribution in [-0.4, -0.2) is 51.3 Å². The van der Waals surface area contributed by atoms with Gasteiger partial charge in [-0.2, -0.15) is 0 Å². The molecule has 1 aromatic heterocycles. The third-order valence-electron chi connectivity index (χ3n) is 5.07. The van der Waals surface area contributed by atoms with Crippen molar-refractivity contribution >= 4 is 22.8 Å². The number of nitrogens with zero attached hydrogens (tertiary/aromatic N) is 3. The number of aromatic amines is 1. The lowest BCUT2D eigenvalue weighted by molar-refractivity contribution is 0.0215. The molecule has 1 N–H and O–H groups in total. The van der Waals surface area contributed by atoms with E-state index in [0.29, 0.717) is 6.54 Å². The summed E-state index contributed by atoms with van der Waals surface area (Å²) in [5.41, 5.74) is 2.23. The highest BCUT2D eigenvalue weighted by Gasteiger charge is 2.47. The lowest BCUT2D eigenvalue weighted by Gasteiger charge is -2.36. The SMILES string of the molecule is Cn1c(=O)[nH]c2cccc(N3C[C@H]4C[C@@H]3CN4C(=O)OC(C)(C)C)c21. The number of hydrogen-bond acceptors (Lipinski definition) is 4. The summed E-state index contributed by atoms with van der Waals surface area (Å²) in [6.07, 6.45) is 0.709. The van der Waals surface area contributed by atoms with Gasteiger partial charge in [0.05, 0.1) is 22.8 Å². The number of rotatable bonds is 1. The van der Waals surface area contributed by atoms with E-state index in [-0.39, 0.29) is 23.9 Å². The molecule has 1 aromatic carbocycles. The Balaban J connectivity index is 1.59. The van der Waals surface area contributed by atoms with Gasteiger partial charge in [0, 0.05) is 26.2 Å². The van der Waals surface area contributed by atoms with Crippen molar-refractivity contribution in [3.05, 3.63) is 28.7 Å². The minimum atomic E-state index is -0.479. The predicted octanol–water partition coefficient (Wildman–Crippen LogP) is 2.06. The first kappa shape index (κ1) is 16.1. The first-order chi connectivity index (χ1) is 11.7. The molecule has 0 saturated carbocycles. The summed E-state index contributed by atoms with van der Waals surface area (Å²) >= 11 is 0. The minimum Gasteiger partial charge on any atom is -0.444 e. The number of H-pyrrole nitrogens is 1. The van der Waals surface area contributed by atoms with Crippen LogP contribution in [0.5, 0.6) is 0 Å². The van der Waals surface area contributed by atoms with Gasteiger partial charge in [-0.3, -0.25) is 4.57 Å². The molecule has 25 heavy (non-hydrogen) atoms. The lowest BCUT2D eigenvalue weighted by Crippen LogP contribution is -2.50. The lowest BCUT2D eigenvalue weighted by atomic mass is 10.2. The minimum absolute atomic E-state index is 0.109. The number of fused-ring (bicyclic) bond motifs is 3. The summed E-state index contributed by atoms with van der Waals surface area (Å²) in [5, 5.41) is 0. The van der Waals surface area contributed by atoms with Crippen LogP contribution < -0.4 is 10.6 Å². The van der Waals surface area contributed by atoms with E-state index in [2.05, 4.69) is 9.88 Å². The Morgan fingerprint density at radius 1 is 1.24 bits per heavy atom. The number of aromatic nitrogens is 2. The molecule has 7 nitrogen and oxygen atoms in total. The number of nitrogens with one attached hydrogen (secondary N) is 1. The maximum Gasteiger partial charge on any atom is 0.410 e. The molecular weight excluding hydrogens is 320 g/mol. The van der Waals surface area contributed by atoms with E-state index in [0.717, 1.165) is 29.7 Å². The van der Waals surface area contributed by atoms with Crippen molar-refractivity contribution in [1.29, 1.82) is 0 Å². The number of piperazine rings is 1. The molecule has 2 aliphatic rings. The first-order valence-corrected chi connectivity index (χ1v) is 8.68. The fourth-order valence-corrected chi connectivity index (χ4v) is 4.02. The third-order valence-corrected chi connectivity index (χ3v) is 5.07. The fraction of sp³-hybridized carbons (Fsp3) is 0.556. The number of ether oxygens (including phenoxy) is 1. The van der Waals surface area contributed by atoms with Crippen LogP contribution in [0.3, 0.4) is 0 Å². The van der Waals surface area contributed by atoms with Crippen LogP contribution in [0, 0.1) is 0 Å². The Labute approximate surface area is 146 Å². The Morgan fingerprint density at radius 3 is 2.64 bits per heavy atom. The zero-order chi connectivity index (χ0) is 17.9. The molecule has 3 heterocycles. The summed E-state index contributed by atoms with van der Waals surface area (Å²) in [4.78, 5) is 31.4. The Kier molecular flexibility index (Phi) is 3.39. The van der Waals surface area contributed by atoms with Gasteiger partial charge in [-0.1, -0.05) is 6.07 Å². The highest BCUT2D eigenvalue weighted by molar-refractivity contribution is 5.89. The summed E-state index contributed by atoms with van der Waals surface area (Å²) < 4.78 is 7.18. The zero-order valence-corrected chi connectivity index (χ0v) is 15.1. The molecule has 0 spiro atoms. The van der Waals surface area contributed by atoms with Gasteiger partial charge in [-0.15, -0.1) is 0 Å². The summed E-state index contributed by atoms with van der Waals surface area (Å²) in [5.74, 6) is 0. The van der Waals surface area contributed by atoms with E-state index in [9.17, 15) is 9.59 Å². The summed E-state index contributed by atoms with van der Waals surface area (Å²) in [6, 6.07) is 6.35. The van der Waals surface area contributed by atoms with Crippen molar-refractivity contribution in [2.75, 3.05) is 18.0 Å². The number of hydrogen-bond donors (Lipinski definition) is 1. The van der Waals surface area contributed by atoms with Crippen molar-refractivity contribution in [1.82, 2.24) is 14.5 Å². The van der Waals surface area contributed by atoms with Crippen molar-refractivity contribution in [3.8, 4) is 0 Å². The smallest absolute Gasteiger partial charge is 0.410 e. The number of imidazole rings is 1. The van der Waals surface area contributed by atoms with Gasteiger partial charge >= 0.3 is 11.8 Å². The number of carbonyl (C=O) groups excluding carboxylic acids is 1. The van der Waals surface area contributed by atoms with Crippen LogP contribution in [0.4, 0.5) is 10.5 Å². The second-order valence-electron chi connectivity index (χ2n) is 7.99. The van der Waals surface area contributed by atoms with Gasteiger partial charge in [-0.25, -0.2) is 9.59 Å². The number of carbonyl (C=O) groups is 1. The zero-order valence-electron chi connectivity index (χ0n) is 15.1. The van der Waals surface area contributed by atoms with Crippen LogP contribution in [0.2, 0.25) is 0 Å². The van der Waals surface area contributed by atoms with E-state index in [1.165, 1.54) is 0 Å². The Hall–Kier alpha value is -2.44. The molecule has 0 unspecified atom stereocenters. The van der Waals surface area contributed by atoms with Crippen LogP contribution in [0.15, 0.2) is 23.0 Å². The van der Waals surface area contributed by atoms with Gasteiger partial charge in [0.2, 0.25) is 0 Å². The molecule has 2 fully saturated rings. The number of para-hydroxylation sites is 1. The molecule has 2 saturated heterocycles. The molecule has 0 aliphatic carbocycles. The van der Waals surface area contributed by atoms with Crippen LogP contribution >= 0.6 is 0 Å². The van der Waals surface area contributed by atoms with Gasteiger partial charge in [0.25, 0.3) is 0 Å². The Bertz CT molecular complexity index is 892. The van der Waals surface area contributed by atoms with Gasteiger partial charge in [0.1, 0.15) is 5.60 Å². The molecule has 0 radical (unpaired) electrons. The van der Waals surface area contributed by atoms with Crippen molar-refractivity contribution in [2.24, 2.45) is 7.05 Å². The molecule has 2 atom stereocenters. The van der Waals surface area contributed by atoms with E-state index >= 15 is 0 Å². The van der Waals surface area contributed by atoms with Gasteiger partial charge in [-0.05, 0) is 39.3 Å². The molecule has 2 bridgehead atoms. The largest absolute Gasteiger partial charge is 0.444 e. The van der Waals surface area contributed by atoms with Crippen LogP contribution in [0.1, 0.15) is 27.2 Å². The molecule has 7 heteroatoms. The highest BCUT2D eigenvalue weighted by atomic mass is 16.6. The van der Waals surface area contributed by atoms with Crippen LogP contribution in [-0.2, 0) is 11.8 Å².